The van der Waals surface area contributed by atoms with Crippen molar-refractivity contribution in [2.45, 2.75) is 46.1 Å². The zero-order valence-corrected chi connectivity index (χ0v) is 17.4. The molecule has 5 heteroatoms. The van der Waals surface area contributed by atoms with Crippen LogP contribution in [0.25, 0.3) is 0 Å². The average Bonchev–Trinajstić information content (AvgIpc) is 2.66. The van der Waals surface area contributed by atoms with Crippen LogP contribution in [-0.2, 0) is 18.4 Å². The van der Waals surface area contributed by atoms with Crippen molar-refractivity contribution in [3.63, 3.8) is 0 Å². The highest BCUT2D eigenvalue weighted by atomic mass is 16.1. The summed E-state index contributed by atoms with van der Waals surface area (Å²) in [6.07, 6.45) is 0.923. The summed E-state index contributed by atoms with van der Waals surface area (Å²) in [4.78, 5) is 15.9. The Bertz CT molecular complexity index is 804. The molecule has 0 heterocycles. The molecule has 0 unspecified atom stereocenters. The number of guanidine groups is 1. The Morgan fingerprint density at radius 1 is 1.04 bits per heavy atom. The molecule has 0 saturated carbocycles. The molecule has 0 fully saturated rings. The third-order valence-corrected chi connectivity index (χ3v) is 4.50. The number of aliphatic imine (C=N–C) groups is 1. The van der Waals surface area contributed by atoms with Gasteiger partial charge in [0.05, 0.1) is 6.54 Å². The lowest BCUT2D eigenvalue weighted by atomic mass is 9.86. The number of nitrogens with one attached hydrogen (secondary N) is 2. The number of primary amides is 1. The second-order valence-electron chi connectivity index (χ2n) is 7.88. The van der Waals surface area contributed by atoms with E-state index in [0.29, 0.717) is 12.1 Å². The zero-order chi connectivity index (χ0) is 20.6. The van der Waals surface area contributed by atoms with E-state index in [1.54, 1.807) is 12.1 Å². The first kappa shape index (κ1) is 21.5. The van der Waals surface area contributed by atoms with E-state index in [-0.39, 0.29) is 5.41 Å². The lowest BCUT2D eigenvalue weighted by Gasteiger charge is -2.19. The lowest BCUT2D eigenvalue weighted by Crippen LogP contribution is -2.38. The topological polar surface area (TPSA) is 79.5 Å². The molecule has 0 saturated heterocycles. The number of hydrogen-bond acceptors (Lipinski definition) is 2. The van der Waals surface area contributed by atoms with Crippen LogP contribution in [0.2, 0.25) is 0 Å². The molecule has 28 heavy (non-hydrogen) atoms. The van der Waals surface area contributed by atoms with Crippen LogP contribution in [-0.4, -0.2) is 25.0 Å². The van der Waals surface area contributed by atoms with Crippen LogP contribution in [0, 0.1) is 0 Å². The maximum atomic E-state index is 11.3. The molecule has 5 nitrogen and oxygen atoms in total. The van der Waals surface area contributed by atoms with Crippen molar-refractivity contribution in [3.05, 3.63) is 70.8 Å². The van der Waals surface area contributed by atoms with Crippen molar-refractivity contribution in [3.8, 4) is 0 Å². The number of nitrogens with two attached hydrogens (primary N) is 1. The van der Waals surface area contributed by atoms with Gasteiger partial charge in [0.2, 0.25) is 5.91 Å². The molecule has 0 aliphatic rings. The van der Waals surface area contributed by atoms with Crippen LogP contribution < -0.4 is 16.4 Å². The fraction of sp³-hybridized carbons (Fsp3) is 0.391. The van der Waals surface area contributed by atoms with Gasteiger partial charge in [-0.25, -0.2) is 4.99 Å². The molecule has 150 valence electrons. The van der Waals surface area contributed by atoms with Gasteiger partial charge in [0.25, 0.3) is 0 Å². The fourth-order valence-electron chi connectivity index (χ4n) is 2.83. The van der Waals surface area contributed by atoms with Gasteiger partial charge in [0.1, 0.15) is 0 Å². The summed E-state index contributed by atoms with van der Waals surface area (Å²) in [5, 5.41) is 6.62. The van der Waals surface area contributed by atoms with Crippen molar-refractivity contribution in [2.75, 3.05) is 13.1 Å². The second kappa shape index (κ2) is 9.93. The molecule has 0 aliphatic heterocycles. The van der Waals surface area contributed by atoms with Gasteiger partial charge in [-0.1, -0.05) is 57.2 Å². The van der Waals surface area contributed by atoms with Gasteiger partial charge in [-0.15, -0.1) is 0 Å². The van der Waals surface area contributed by atoms with Crippen LogP contribution in [0.4, 0.5) is 0 Å². The quantitative estimate of drug-likeness (QED) is 0.509. The van der Waals surface area contributed by atoms with Crippen LogP contribution in [0.1, 0.15) is 54.7 Å². The molecule has 2 aromatic carbocycles. The maximum Gasteiger partial charge on any atom is 0.248 e. The molecule has 0 aliphatic carbocycles. The van der Waals surface area contributed by atoms with E-state index in [4.69, 9.17) is 5.73 Å². The summed E-state index contributed by atoms with van der Waals surface area (Å²) in [6, 6.07) is 16.1. The Labute approximate surface area is 168 Å². The number of rotatable bonds is 7. The molecule has 2 aromatic rings. The number of nitrogens with zero attached hydrogens (tertiary/aromatic N) is 1. The van der Waals surface area contributed by atoms with Gasteiger partial charge in [0, 0.05) is 18.7 Å². The minimum absolute atomic E-state index is 0.174. The smallest absolute Gasteiger partial charge is 0.248 e. The molecule has 0 bridgehead atoms. The van der Waals surface area contributed by atoms with Gasteiger partial charge >= 0.3 is 0 Å². The van der Waals surface area contributed by atoms with Crippen LogP contribution in [0.3, 0.4) is 0 Å². The Morgan fingerprint density at radius 2 is 1.75 bits per heavy atom. The third kappa shape index (κ3) is 6.72. The Hall–Kier alpha value is -2.82. The number of carbonyl (C=O) groups excluding carboxylic acids is 1. The SMILES string of the molecule is CCNC(=NCc1cccc(C(N)=O)c1)NCCc1ccc(C(C)(C)C)cc1. The highest BCUT2D eigenvalue weighted by Crippen LogP contribution is 2.22. The van der Waals surface area contributed by atoms with E-state index in [1.165, 1.54) is 11.1 Å². The van der Waals surface area contributed by atoms with Crippen LogP contribution in [0.5, 0.6) is 0 Å². The second-order valence-corrected chi connectivity index (χ2v) is 7.88. The van der Waals surface area contributed by atoms with E-state index in [2.05, 4.69) is 60.7 Å². The van der Waals surface area contributed by atoms with Crippen molar-refractivity contribution in [2.24, 2.45) is 10.7 Å². The van der Waals surface area contributed by atoms with Crippen LogP contribution in [0.15, 0.2) is 53.5 Å². The third-order valence-electron chi connectivity index (χ3n) is 4.50. The number of carbonyl (C=O) groups is 1. The Balaban J connectivity index is 1.92. The molecule has 0 atom stereocenters. The summed E-state index contributed by atoms with van der Waals surface area (Å²) in [7, 11) is 0. The summed E-state index contributed by atoms with van der Waals surface area (Å²) in [5.74, 6) is 0.339. The molecule has 0 aromatic heterocycles. The first-order valence-corrected chi connectivity index (χ1v) is 9.80. The number of benzene rings is 2. The zero-order valence-electron chi connectivity index (χ0n) is 17.4. The monoisotopic (exact) mass is 380 g/mol. The van der Waals surface area contributed by atoms with E-state index in [9.17, 15) is 4.79 Å². The predicted octanol–water partition coefficient (Wildman–Crippen LogP) is 3.38. The summed E-state index contributed by atoms with van der Waals surface area (Å²) in [6.45, 7) is 10.8. The minimum Gasteiger partial charge on any atom is -0.366 e. The Kier molecular flexibility index (Phi) is 7.61. The number of amides is 1. The lowest BCUT2D eigenvalue weighted by molar-refractivity contribution is 0.1000. The highest BCUT2D eigenvalue weighted by Gasteiger charge is 2.12. The first-order chi connectivity index (χ1) is 13.3. The molecular formula is C23H32N4O. The molecule has 0 spiro atoms. The summed E-state index contributed by atoms with van der Waals surface area (Å²) >= 11 is 0. The van der Waals surface area contributed by atoms with E-state index < -0.39 is 5.91 Å². The largest absolute Gasteiger partial charge is 0.366 e. The van der Waals surface area contributed by atoms with Crippen molar-refractivity contribution in [1.82, 2.24) is 10.6 Å². The van der Waals surface area contributed by atoms with E-state index >= 15 is 0 Å². The van der Waals surface area contributed by atoms with Gasteiger partial charge in [-0.2, -0.15) is 0 Å². The standard InChI is InChI=1S/C23H32N4O/c1-5-25-22(27-16-18-7-6-8-19(15-18)21(24)28)26-14-13-17-9-11-20(12-10-17)23(2,3)4/h6-12,15H,5,13-14,16H2,1-4H3,(H2,24,28)(H2,25,26,27). The molecule has 0 radical (unpaired) electrons. The minimum atomic E-state index is -0.423. The van der Waals surface area contributed by atoms with Crippen molar-refractivity contribution in [1.29, 1.82) is 0 Å². The van der Waals surface area contributed by atoms with Crippen molar-refractivity contribution < 1.29 is 4.79 Å². The molecule has 4 N–H and O–H groups in total. The fourth-order valence-corrected chi connectivity index (χ4v) is 2.83. The van der Waals surface area contributed by atoms with Crippen molar-refractivity contribution >= 4 is 11.9 Å². The highest BCUT2D eigenvalue weighted by molar-refractivity contribution is 5.92. The van der Waals surface area contributed by atoms with E-state index in [0.717, 1.165) is 31.0 Å². The summed E-state index contributed by atoms with van der Waals surface area (Å²) < 4.78 is 0. The normalized spacial score (nSPS) is 11.9. The molecular weight excluding hydrogens is 348 g/mol. The van der Waals surface area contributed by atoms with Crippen LogP contribution >= 0.6 is 0 Å². The summed E-state index contributed by atoms with van der Waals surface area (Å²) in [5.41, 5.74) is 9.61. The molecule has 1 amide bonds. The first-order valence-electron chi connectivity index (χ1n) is 9.80. The van der Waals surface area contributed by atoms with E-state index in [1.807, 2.05) is 19.1 Å². The maximum absolute atomic E-state index is 11.3. The number of hydrogen-bond donors (Lipinski definition) is 3. The predicted molar refractivity (Wildman–Crippen MR) is 117 cm³/mol. The van der Waals surface area contributed by atoms with Gasteiger partial charge in [-0.3, -0.25) is 4.79 Å². The Morgan fingerprint density at radius 3 is 2.36 bits per heavy atom. The van der Waals surface area contributed by atoms with Gasteiger partial charge < -0.3 is 16.4 Å². The van der Waals surface area contributed by atoms with Gasteiger partial charge in [-0.05, 0) is 47.6 Å². The average molecular weight is 381 g/mol. The molecule has 2 rings (SSSR count). The van der Waals surface area contributed by atoms with Gasteiger partial charge in [0.15, 0.2) is 5.96 Å².